The summed E-state index contributed by atoms with van der Waals surface area (Å²) in [7, 11) is 1.64. The highest BCUT2D eigenvalue weighted by molar-refractivity contribution is 5.55. The third-order valence-electron chi connectivity index (χ3n) is 4.94. The highest BCUT2D eigenvalue weighted by Crippen LogP contribution is 2.42. The standard InChI is InChI=1S/C20H23FN2O3/c1-24-18-10-15(11-19-20(18)26-14-25-19)12-22-6-8-23(9-7-22)13-16-4-2-3-5-17(16)21/h2-5,10-11H,6-9,12-14H2,1H3. The van der Waals surface area contributed by atoms with E-state index in [2.05, 4.69) is 9.80 Å². The molecule has 1 saturated heterocycles. The van der Waals surface area contributed by atoms with Crippen molar-refractivity contribution in [1.82, 2.24) is 9.80 Å². The summed E-state index contributed by atoms with van der Waals surface area (Å²) in [6, 6.07) is 11.0. The van der Waals surface area contributed by atoms with Crippen molar-refractivity contribution in [2.24, 2.45) is 0 Å². The highest BCUT2D eigenvalue weighted by Gasteiger charge is 2.22. The van der Waals surface area contributed by atoms with Gasteiger partial charge in [0.05, 0.1) is 7.11 Å². The summed E-state index contributed by atoms with van der Waals surface area (Å²) in [6.07, 6.45) is 0. The van der Waals surface area contributed by atoms with Crippen LogP contribution in [-0.2, 0) is 13.1 Å². The van der Waals surface area contributed by atoms with Gasteiger partial charge >= 0.3 is 0 Å². The molecule has 2 heterocycles. The van der Waals surface area contributed by atoms with Crippen molar-refractivity contribution < 1.29 is 18.6 Å². The molecule has 2 aliphatic rings. The van der Waals surface area contributed by atoms with E-state index < -0.39 is 0 Å². The van der Waals surface area contributed by atoms with Gasteiger partial charge < -0.3 is 14.2 Å². The topological polar surface area (TPSA) is 34.2 Å². The van der Waals surface area contributed by atoms with E-state index in [0.29, 0.717) is 18.0 Å². The largest absolute Gasteiger partial charge is 0.493 e. The molecule has 138 valence electrons. The molecule has 26 heavy (non-hydrogen) atoms. The van der Waals surface area contributed by atoms with Crippen LogP contribution in [0.1, 0.15) is 11.1 Å². The van der Waals surface area contributed by atoms with Gasteiger partial charge in [-0.3, -0.25) is 9.80 Å². The number of hydrogen-bond donors (Lipinski definition) is 0. The second-order valence-corrected chi connectivity index (χ2v) is 6.68. The van der Waals surface area contributed by atoms with Crippen LogP contribution in [0, 0.1) is 5.82 Å². The maximum Gasteiger partial charge on any atom is 0.231 e. The van der Waals surface area contributed by atoms with Gasteiger partial charge in [-0.25, -0.2) is 4.39 Å². The van der Waals surface area contributed by atoms with E-state index in [1.165, 1.54) is 6.07 Å². The molecule has 2 aromatic carbocycles. The van der Waals surface area contributed by atoms with Gasteiger partial charge in [-0.1, -0.05) is 18.2 Å². The predicted octanol–water partition coefficient (Wildman–Crippen LogP) is 2.88. The Balaban J connectivity index is 1.35. The minimum Gasteiger partial charge on any atom is -0.493 e. The van der Waals surface area contributed by atoms with Gasteiger partial charge in [-0.15, -0.1) is 0 Å². The zero-order valence-corrected chi connectivity index (χ0v) is 14.9. The van der Waals surface area contributed by atoms with E-state index in [9.17, 15) is 4.39 Å². The summed E-state index contributed by atoms with van der Waals surface area (Å²) in [5.74, 6) is 2.03. The van der Waals surface area contributed by atoms with Gasteiger partial charge in [0.2, 0.25) is 12.5 Å². The van der Waals surface area contributed by atoms with Crippen molar-refractivity contribution in [2.45, 2.75) is 13.1 Å². The maximum absolute atomic E-state index is 13.8. The number of piperazine rings is 1. The summed E-state index contributed by atoms with van der Waals surface area (Å²) in [5.41, 5.74) is 1.91. The zero-order valence-electron chi connectivity index (χ0n) is 14.9. The first-order chi connectivity index (χ1) is 12.7. The van der Waals surface area contributed by atoms with Crippen LogP contribution in [0.25, 0.3) is 0 Å². The summed E-state index contributed by atoms with van der Waals surface area (Å²) >= 11 is 0. The zero-order chi connectivity index (χ0) is 17.9. The first kappa shape index (κ1) is 17.1. The summed E-state index contributed by atoms with van der Waals surface area (Å²) < 4.78 is 30.2. The van der Waals surface area contributed by atoms with E-state index in [1.54, 1.807) is 13.2 Å². The fraction of sp³-hybridized carbons (Fsp3) is 0.400. The Bertz CT molecular complexity index is 776. The smallest absolute Gasteiger partial charge is 0.231 e. The molecular formula is C20H23FN2O3. The van der Waals surface area contributed by atoms with Crippen molar-refractivity contribution >= 4 is 0 Å². The fourth-order valence-electron chi connectivity index (χ4n) is 3.51. The predicted molar refractivity (Wildman–Crippen MR) is 96.1 cm³/mol. The third kappa shape index (κ3) is 3.61. The van der Waals surface area contributed by atoms with Crippen LogP contribution in [-0.4, -0.2) is 49.9 Å². The average Bonchev–Trinajstić information content (AvgIpc) is 3.13. The monoisotopic (exact) mass is 358 g/mol. The van der Waals surface area contributed by atoms with E-state index in [4.69, 9.17) is 14.2 Å². The first-order valence-corrected chi connectivity index (χ1v) is 8.87. The SMILES string of the molecule is COc1cc(CN2CCN(Cc3ccccc3F)CC2)cc2c1OCO2. The normalized spacial score (nSPS) is 17.5. The first-order valence-electron chi connectivity index (χ1n) is 8.87. The molecule has 0 spiro atoms. The average molecular weight is 358 g/mol. The van der Waals surface area contributed by atoms with E-state index in [1.807, 2.05) is 24.3 Å². The van der Waals surface area contributed by atoms with Crippen LogP contribution in [0.15, 0.2) is 36.4 Å². The number of hydrogen-bond acceptors (Lipinski definition) is 5. The number of fused-ring (bicyclic) bond motifs is 1. The Kier molecular flexibility index (Phi) is 4.95. The van der Waals surface area contributed by atoms with Crippen molar-refractivity contribution in [3.05, 3.63) is 53.3 Å². The van der Waals surface area contributed by atoms with Crippen LogP contribution in [0.5, 0.6) is 17.2 Å². The van der Waals surface area contributed by atoms with Crippen LogP contribution in [0.2, 0.25) is 0 Å². The van der Waals surface area contributed by atoms with Crippen molar-refractivity contribution in [2.75, 3.05) is 40.1 Å². The molecule has 4 rings (SSSR count). The molecule has 0 bridgehead atoms. The van der Waals surface area contributed by atoms with Gasteiger partial charge in [0.15, 0.2) is 11.5 Å². The number of halogens is 1. The molecule has 2 aromatic rings. The summed E-state index contributed by atoms with van der Waals surface area (Å²) in [5, 5.41) is 0. The van der Waals surface area contributed by atoms with E-state index in [-0.39, 0.29) is 12.6 Å². The molecule has 0 amide bonds. The molecule has 1 fully saturated rings. The summed E-state index contributed by atoms with van der Waals surface area (Å²) in [4.78, 5) is 4.70. The maximum atomic E-state index is 13.8. The molecule has 6 heteroatoms. The lowest BCUT2D eigenvalue weighted by Gasteiger charge is -2.34. The molecule has 0 aromatic heterocycles. The van der Waals surface area contributed by atoms with Gasteiger partial charge in [0.25, 0.3) is 0 Å². The van der Waals surface area contributed by atoms with Gasteiger partial charge in [-0.05, 0) is 23.8 Å². The Morgan fingerprint density at radius 3 is 2.46 bits per heavy atom. The van der Waals surface area contributed by atoms with Gasteiger partial charge in [0.1, 0.15) is 5.82 Å². The van der Waals surface area contributed by atoms with Gasteiger partial charge in [0, 0.05) is 44.8 Å². The Morgan fingerprint density at radius 1 is 1.00 bits per heavy atom. The number of rotatable bonds is 5. The van der Waals surface area contributed by atoms with Gasteiger partial charge in [-0.2, -0.15) is 0 Å². The lowest BCUT2D eigenvalue weighted by molar-refractivity contribution is 0.121. The second kappa shape index (κ2) is 7.51. The Hall–Kier alpha value is -2.31. The van der Waals surface area contributed by atoms with Crippen LogP contribution in [0.4, 0.5) is 4.39 Å². The van der Waals surface area contributed by atoms with Crippen LogP contribution >= 0.6 is 0 Å². The van der Waals surface area contributed by atoms with E-state index >= 15 is 0 Å². The highest BCUT2D eigenvalue weighted by atomic mass is 19.1. The van der Waals surface area contributed by atoms with E-state index in [0.717, 1.165) is 49.6 Å². The molecule has 0 aliphatic carbocycles. The number of benzene rings is 2. The lowest BCUT2D eigenvalue weighted by atomic mass is 10.1. The van der Waals surface area contributed by atoms with Crippen LogP contribution < -0.4 is 14.2 Å². The molecule has 0 N–H and O–H groups in total. The number of nitrogens with zero attached hydrogens (tertiary/aromatic N) is 2. The molecule has 2 aliphatic heterocycles. The minimum absolute atomic E-state index is 0.123. The van der Waals surface area contributed by atoms with Crippen molar-refractivity contribution in [1.29, 1.82) is 0 Å². The number of ether oxygens (including phenoxy) is 3. The molecule has 0 unspecified atom stereocenters. The van der Waals surface area contributed by atoms with Crippen molar-refractivity contribution in [3.63, 3.8) is 0 Å². The molecule has 0 atom stereocenters. The Labute approximate surface area is 152 Å². The molecule has 0 radical (unpaired) electrons. The number of methoxy groups -OCH3 is 1. The van der Waals surface area contributed by atoms with Crippen LogP contribution in [0.3, 0.4) is 0 Å². The summed E-state index contributed by atoms with van der Waals surface area (Å²) in [6.45, 7) is 5.49. The Morgan fingerprint density at radius 2 is 1.73 bits per heavy atom. The minimum atomic E-state index is -0.123. The molecular weight excluding hydrogens is 335 g/mol. The second-order valence-electron chi connectivity index (χ2n) is 6.68. The lowest BCUT2D eigenvalue weighted by Crippen LogP contribution is -2.45. The molecule has 0 saturated carbocycles. The fourth-order valence-corrected chi connectivity index (χ4v) is 3.51. The van der Waals surface area contributed by atoms with Crippen molar-refractivity contribution in [3.8, 4) is 17.2 Å². The quantitative estimate of drug-likeness (QED) is 0.821. The third-order valence-corrected chi connectivity index (χ3v) is 4.94. The molecule has 5 nitrogen and oxygen atoms in total.